The smallest absolute Gasteiger partial charge is 0.407 e. The molecule has 0 atom stereocenters. The van der Waals surface area contributed by atoms with Crippen LogP contribution in [0.25, 0.3) is 0 Å². The van der Waals surface area contributed by atoms with Crippen molar-refractivity contribution in [2.24, 2.45) is 0 Å². The van der Waals surface area contributed by atoms with Gasteiger partial charge in [0.25, 0.3) is 0 Å². The van der Waals surface area contributed by atoms with Crippen LogP contribution >= 0.6 is 23.2 Å². The molecule has 3 nitrogen and oxygen atoms in total. The second-order valence-electron chi connectivity index (χ2n) is 5.75. The van der Waals surface area contributed by atoms with Crippen molar-refractivity contribution in [3.05, 3.63) is 46.0 Å². The number of hydrogen-bond donors (Lipinski definition) is 1. The predicted molar refractivity (Wildman–Crippen MR) is 87.9 cm³/mol. The molecule has 0 unspecified atom stereocenters. The molecule has 1 aromatic carbocycles. The number of hydrogen-bond acceptors (Lipinski definition) is 2. The van der Waals surface area contributed by atoms with E-state index in [0.29, 0.717) is 6.54 Å². The number of nitrogens with one attached hydrogen (secondary N) is 1. The van der Waals surface area contributed by atoms with Crippen LogP contribution in [0.2, 0.25) is 5.02 Å². The van der Waals surface area contributed by atoms with Crippen molar-refractivity contribution in [1.29, 1.82) is 0 Å². The van der Waals surface area contributed by atoms with Crippen molar-refractivity contribution >= 4 is 29.3 Å². The Morgan fingerprint density at radius 1 is 1.29 bits per heavy atom. The van der Waals surface area contributed by atoms with E-state index in [1.54, 1.807) is 0 Å². The summed E-state index contributed by atoms with van der Waals surface area (Å²) < 4.78 is 5.17. The summed E-state index contributed by atoms with van der Waals surface area (Å²) in [5, 5.41) is 3.42. The summed E-state index contributed by atoms with van der Waals surface area (Å²) in [6.45, 7) is 5.86. The minimum atomic E-state index is -0.502. The lowest BCUT2D eigenvalue weighted by Gasteiger charge is -2.20. The summed E-state index contributed by atoms with van der Waals surface area (Å²) in [6.07, 6.45) is 1.16. The van der Waals surface area contributed by atoms with Gasteiger partial charge in [-0.1, -0.05) is 35.3 Å². The highest BCUT2D eigenvalue weighted by atomic mass is 35.5. The second kappa shape index (κ2) is 8.30. The number of ether oxygens (including phenoxy) is 1. The van der Waals surface area contributed by atoms with Gasteiger partial charge in [0, 0.05) is 17.1 Å². The molecule has 5 heteroatoms. The highest BCUT2D eigenvalue weighted by molar-refractivity contribution is 6.30. The molecule has 0 radical (unpaired) electrons. The van der Waals surface area contributed by atoms with Gasteiger partial charge in [0.05, 0.1) is 0 Å². The molecule has 0 bridgehead atoms. The molecular formula is C16H21Cl2NO2. The van der Waals surface area contributed by atoms with Crippen molar-refractivity contribution < 1.29 is 9.53 Å². The molecule has 0 aliphatic rings. The molecule has 0 fully saturated rings. The number of carbonyl (C=O) groups is 1. The SMILES string of the molecule is CC(C)(C)OC(=O)NC/C(=C/Cl)CCc1ccc(Cl)cc1. The van der Waals surface area contributed by atoms with Crippen molar-refractivity contribution in [2.45, 2.75) is 39.2 Å². The van der Waals surface area contributed by atoms with Crippen molar-refractivity contribution in [2.75, 3.05) is 6.54 Å². The lowest BCUT2D eigenvalue weighted by Crippen LogP contribution is -2.33. The lowest BCUT2D eigenvalue weighted by molar-refractivity contribution is 0.0532. The van der Waals surface area contributed by atoms with Gasteiger partial charge in [-0.25, -0.2) is 4.79 Å². The first-order chi connectivity index (χ1) is 9.80. The first-order valence-electron chi connectivity index (χ1n) is 6.79. The minimum absolute atomic E-state index is 0.381. The molecule has 21 heavy (non-hydrogen) atoms. The average Bonchev–Trinajstić information content (AvgIpc) is 2.39. The van der Waals surface area contributed by atoms with Crippen molar-refractivity contribution in [3.8, 4) is 0 Å². The molecule has 1 N–H and O–H groups in total. The minimum Gasteiger partial charge on any atom is -0.444 e. The summed E-state index contributed by atoms with van der Waals surface area (Å²) in [5.41, 5.74) is 3.12. The van der Waals surface area contributed by atoms with Gasteiger partial charge >= 0.3 is 6.09 Å². The summed E-state index contributed by atoms with van der Waals surface area (Å²) in [5.74, 6) is 0. The number of aryl methyl sites for hydroxylation is 1. The fraction of sp³-hybridized carbons (Fsp3) is 0.438. The van der Waals surface area contributed by atoms with Crippen LogP contribution in [0.1, 0.15) is 32.8 Å². The Labute approximate surface area is 136 Å². The molecule has 1 aromatic rings. The quantitative estimate of drug-likeness (QED) is 0.832. The van der Waals surface area contributed by atoms with Gasteiger partial charge in [-0.05, 0) is 56.9 Å². The molecule has 0 aliphatic carbocycles. The summed E-state index contributed by atoms with van der Waals surface area (Å²) in [4.78, 5) is 11.6. The van der Waals surface area contributed by atoms with Gasteiger partial charge in [0.2, 0.25) is 0 Å². The zero-order valence-corrected chi connectivity index (χ0v) is 14.1. The van der Waals surface area contributed by atoms with Gasteiger partial charge in [-0.2, -0.15) is 0 Å². The highest BCUT2D eigenvalue weighted by Gasteiger charge is 2.15. The third-order valence-electron chi connectivity index (χ3n) is 2.66. The third-order valence-corrected chi connectivity index (χ3v) is 3.22. The Balaban J connectivity index is 2.39. The van der Waals surface area contributed by atoms with Crippen LogP contribution < -0.4 is 5.32 Å². The second-order valence-corrected chi connectivity index (χ2v) is 6.40. The maximum absolute atomic E-state index is 11.6. The van der Waals surface area contributed by atoms with Gasteiger partial charge in [-0.15, -0.1) is 0 Å². The van der Waals surface area contributed by atoms with E-state index in [0.717, 1.165) is 23.4 Å². The summed E-state index contributed by atoms with van der Waals surface area (Å²) in [6, 6.07) is 7.69. The van der Waals surface area contributed by atoms with Gasteiger partial charge in [-0.3, -0.25) is 0 Å². The maximum Gasteiger partial charge on any atom is 0.407 e. The van der Waals surface area contributed by atoms with Crippen molar-refractivity contribution in [1.82, 2.24) is 5.32 Å². The average molecular weight is 330 g/mol. The third kappa shape index (κ3) is 7.98. The first-order valence-corrected chi connectivity index (χ1v) is 7.61. The maximum atomic E-state index is 11.6. The zero-order valence-electron chi connectivity index (χ0n) is 12.6. The Morgan fingerprint density at radius 3 is 2.43 bits per heavy atom. The number of halogens is 2. The molecule has 0 heterocycles. The van der Waals surface area contributed by atoms with Gasteiger partial charge in [0.15, 0.2) is 0 Å². The molecule has 116 valence electrons. The number of amides is 1. The van der Waals surface area contributed by atoms with Crippen LogP contribution in [0, 0.1) is 0 Å². The van der Waals surface area contributed by atoms with E-state index in [1.807, 2.05) is 45.0 Å². The number of rotatable bonds is 5. The highest BCUT2D eigenvalue weighted by Crippen LogP contribution is 2.14. The summed E-state index contributed by atoms with van der Waals surface area (Å²) in [7, 11) is 0. The van der Waals surface area contributed by atoms with Crippen molar-refractivity contribution in [3.63, 3.8) is 0 Å². The molecule has 0 saturated heterocycles. The Bertz CT molecular complexity index is 490. The topological polar surface area (TPSA) is 38.3 Å². The van der Waals surface area contributed by atoms with Crippen LogP contribution in [0.4, 0.5) is 4.79 Å². The number of alkyl carbamates (subject to hydrolysis) is 1. The predicted octanol–water partition coefficient (Wildman–Crippen LogP) is 4.92. The first kappa shape index (κ1) is 17.9. The fourth-order valence-electron chi connectivity index (χ4n) is 1.64. The monoisotopic (exact) mass is 329 g/mol. The molecule has 0 spiro atoms. The summed E-state index contributed by atoms with van der Waals surface area (Å²) >= 11 is 11.6. The number of carbonyl (C=O) groups excluding carboxylic acids is 1. The normalized spacial score (nSPS) is 12.1. The van der Waals surface area contributed by atoms with E-state index in [1.165, 1.54) is 11.1 Å². The number of benzene rings is 1. The van der Waals surface area contributed by atoms with E-state index in [4.69, 9.17) is 27.9 Å². The molecule has 0 saturated carbocycles. The fourth-order valence-corrected chi connectivity index (χ4v) is 1.95. The molecule has 1 rings (SSSR count). The van der Waals surface area contributed by atoms with Crippen LogP contribution in [-0.4, -0.2) is 18.2 Å². The molecule has 1 amide bonds. The Hall–Kier alpha value is -1.19. The van der Waals surface area contributed by atoms with Crippen LogP contribution in [0.3, 0.4) is 0 Å². The van der Waals surface area contributed by atoms with E-state index < -0.39 is 11.7 Å². The molecule has 0 aliphatic heterocycles. The van der Waals surface area contributed by atoms with Crippen LogP contribution in [0.5, 0.6) is 0 Å². The Morgan fingerprint density at radius 2 is 1.90 bits per heavy atom. The van der Waals surface area contributed by atoms with E-state index in [9.17, 15) is 4.79 Å². The Kier molecular flexibility index (Phi) is 7.06. The standard InChI is InChI=1S/C16H21Cl2NO2/c1-16(2,3)21-15(20)19-11-13(10-17)5-4-12-6-8-14(18)9-7-12/h6-10H,4-5,11H2,1-3H3,(H,19,20)/b13-10+. The molecular weight excluding hydrogens is 309 g/mol. The van der Waals surface area contributed by atoms with Crippen LogP contribution in [-0.2, 0) is 11.2 Å². The lowest BCUT2D eigenvalue weighted by atomic mass is 10.1. The van der Waals surface area contributed by atoms with Gasteiger partial charge in [0.1, 0.15) is 5.60 Å². The van der Waals surface area contributed by atoms with Crippen LogP contribution in [0.15, 0.2) is 35.4 Å². The van der Waals surface area contributed by atoms with E-state index in [-0.39, 0.29) is 0 Å². The van der Waals surface area contributed by atoms with E-state index in [2.05, 4.69) is 5.32 Å². The zero-order chi connectivity index (χ0) is 15.9. The largest absolute Gasteiger partial charge is 0.444 e. The molecule has 0 aromatic heterocycles. The van der Waals surface area contributed by atoms with E-state index >= 15 is 0 Å². The van der Waals surface area contributed by atoms with Gasteiger partial charge < -0.3 is 10.1 Å².